The summed E-state index contributed by atoms with van der Waals surface area (Å²) in [6.07, 6.45) is 1.75. The Balaban J connectivity index is 1.69. The Morgan fingerprint density at radius 3 is 2.31 bits per heavy atom. The molecule has 0 fully saturated rings. The van der Waals surface area contributed by atoms with Crippen molar-refractivity contribution in [1.29, 1.82) is 0 Å². The summed E-state index contributed by atoms with van der Waals surface area (Å²) in [6.45, 7) is 2.49. The lowest BCUT2D eigenvalue weighted by Crippen LogP contribution is -2.33. The van der Waals surface area contributed by atoms with Crippen LogP contribution in [0.25, 0.3) is 5.70 Å². The SMILES string of the molecule is Cc1ccc(S(=O)(=O)N2CCCC3=C2c2ccccc2C3c2ccccc2)cc1. The average molecular weight is 402 g/mol. The molecule has 0 N–H and O–H groups in total. The zero-order valence-corrected chi connectivity index (χ0v) is 17.2. The number of fused-ring (bicyclic) bond motifs is 2. The minimum absolute atomic E-state index is 0.124. The van der Waals surface area contributed by atoms with Gasteiger partial charge in [0.1, 0.15) is 0 Å². The summed E-state index contributed by atoms with van der Waals surface area (Å²) in [7, 11) is -3.61. The number of nitrogens with zero attached hydrogens (tertiary/aromatic N) is 1. The zero-order valence-electron chi connectivity index (χ0n) is 16.4. The van der Waals surface area contributed by atoms with Crippen molar-refractivity contribution < 1.29 is 8.42 Å². The highest BCUT2D eigenvalue weighted by molar-refractivity contribution is 7.89. The maximum Gasteiger partial charge on any atom is 0.264 e. The smallest absolute Gasteiger partial charge is 0.264 e. The molecule has 1 atom stereocenters. The topological polar surface area (TPSA) is 37.4 Å². The fraction of sp³-hybridized carbons (Fsp3) is 0.200. The van der Waals surface area contributed by atoms with E-state index in [0.29, 0.717) is 11.4 Å². The molecule has 1 aliphatic carbocycles. The second kappa shape index (κ2) is 6.89. The van der Waals surface area contributed by atoms with Gasteiger partial charge in [0, 0.05) is 18.0 Å². The molecule has 0 amide bonds. The summed E-state index contributed by atoms with van der Waals surface area (Å²) in [5, 5.41) is 0. The third-order valence-electron chi connectivity index (χ3n) is 5.98. The maximum atomic E-state index is 13.6. The van der Waals surface area contributed by atoms with E-state index in [1.165, 1.54) is 16.7 Å². The van der Waals surface area contributed by atoms with Crippen molar-refractivity contribution in [2.45, 2.75) is 30.6 Å². The Morgan fingerprint density at radius 2 is 1.55 bits per heavy atom. The molecule has 0 saturated carbocycles. The number of hydrogen-bond donors (Lipinski definition) is 0. The van der Waals surface area contributed by atoms with Crippen LogP contribution in [0.5, 0.6) is 0 Å². The minimum Gasteiger partial charge on any atom is -0.266 e. The van der Waals surface area contributed by atoms with E-state index in [4.69, 9.17) is 0 Å². The Kier molecular flexibility index (Phi) is 4.32. The molecule has 0 bridgehead atoms. The quantitative estimate of drug-likeness (QED) is 0.594. The normalized spacial score (nSPS) is 18.5. The van der Waals surface area contributed by atoms with Gasteiger partial charge in [-0.2, -0.15) is 0 Å². The summed E-state index contributed by atoms with van der Waals surface area (Å²) in [5.74, 6) is 0.124. The van der Waals surface area contributed by atoms with Gasteiger partial charge in [0.25, 0.3) is 10.0 Å². The van der Waals surface area contributed by atoms with Gasteiger partial charge in [0.2, 0.25) is 0 Å². The molecule has 0 radical (unpaired) electrons. The van der Waals surface area contributed by atoms with Crippen molar-refractivity contribution in [3.63, 3.8) is 0 Å². The van der Waals surface area contributed by atoms with E-state index in [1.807, 2.05) is 37.3 Å². The second-order valence-corrected chi connectivity index (χ2v) is 9.66. The molecule has 2 aliphatic rings. The van der Waals surface area contributed by atoms with Crippen molar-refractivity contribution in [3.05, 3.63) is 107 Å². The summed E-state index contributed by atoms with van der Waals surface area (Å²) in [6, 6.07) is 25.8. The van der Waals surface area contributed by atoms with Crippen LogP contribution >= 0.6 is 0 Å². The third-order valence-corrected chi connectivity index (χ3v) is 7.79. The summed E-state index contributed by atoms with van der Waals surface area (Å²) in [5.41, 5.74) is 6.64. The maximum absolute atomic E-state index is 13.6. The first-order valence-corrected chi connectivity index (χ1v) is 11.5. The van der Waals surface area contributed by atoms with Gasteiger partial charge >= 0.3 is 0 Å². The van der Waals surface area contributed by atoms with Gasteiger partial charge in [-0.05, 0) is 48.6 Å². The summed E-state index contributed by atoms with van der Waals surface area (Å²) >= 11 is 0. The molecular weight excluding hydrogens is 378 g/mol. The van der Waals surface area contributed by atoms with E-state index in [9.17, 15) is 8.42 Å². The molecule has 1 heterocycles. The number of sulfonamides is 1. The number of benzene rings is 3. The molecule has 3 aromatic carbocycles. The monoisotopic (exact) mass is 401 g/mol. The lowest BCUT2D eigenvalue weighted by molar-refractivity contribution is 0.483. The number of rotatable bonds is 3. The van der Waals surface area contributed by atoms with Crippen LogP contribution in [0.15, 0.2) is 89.3 Å². The predicted octanol–water partition coefficient (Wildman–Crippen LogP) is 5.34. The molecule has 0 spiro atoms. The van der Waals surface area contributed by atoms with Crippen LogP contribution in [0.2, 0.25) is 0 Å². The zero-order chi connectivity index (χ0) is 20.0. The van der Waals surface area contributed by atoms with E-state index in [2.05, 4.69) is 36.4 Å². The standard InChI is InChI=1S/C25H23NO2S/c1-18-13-15-20(16-14-18)29(27,28)26-17-7-12-23-24(19-8-3-2-4-9-19)21-10-5-6-11-22(21)25(23)26/h2-6,8-11,13-16,24H,7,12,17H2,1H3. The van der Waals surface area contributed by atoms with Gasteiger partial charge in [-0.15, -0.1) is 0 Å². The van der Waals surface area contributed by atoms with Crippen molar-refractivity contribution in [2.75, 3.05) is 6.54 Å². The van der Waals surface area contributed by atoms with Crippen LogP contribution in [0.3, 0.4) is 0 Å². The van der Waals surface area contributed by atoms with E-state index < -0.39 is 10.0 Å². The van der Waals surface area contributed by atoms with Gasteiger partial charge in [0.05, 0.1) is 10.6 Å². The van der Waals surface area contributed by atoms with Gasteiger partial charge in [0.15, 0.2) is 0 Å². The highest BCUT2D eigenvalue weighted by Gasteiger charge is 2.40. The fourth-order valence-corrected chi connectivity index (χ4v) is 6.21. The van der Waals surface area contributed by atoms with Gasteiger partial charge < -0.3 is 0 Å². The molecule has 0 aromatic heterocycles. The molecule has 1 unspecified atom stereocenters. The average Bonchev–Trinajstić information content (AvgIpc) is 3.09. The highest BCUT2D eigenvalue weighted by atomic mass is 32.2. The number of hydrogen-bond acceptors (Lipinski definition) is 2. The van der Waals surface area contributed by atoms with E-state index in [1.54, 1.807) is 16.4 Å². The van der Waals surface area contributed by atoms with Crippen LogP contribution in [0.1, 0.15) is 41.0 Å². The highest BCUT2D eigenvalue weighted by Crippen LogP contribution is 2.51. The van der Waals surface area contributed by atoms with Crippen LogP contribution in [-0.4, -0.2) is 19.3 Å². The minimum atomic E-state index is -3.61. The lowest BCUT2D eigenvalue weighted by atomic mass is 9.86. The van der Waals surface area contributed by atoms with Crippen molar-refractivity contribution in [3.8, 4) is 0 Å². The molecule has 1 aliphatic heterocycles. The largest absolute Gasteiger partial charge is 0.266 e. The molecule has 5 rings (SSSR count). The molecule has 4 heteroatoms. The predicted molar refractivity (Wildman–Crippen MR) is 116 cm³/mol. The molecule has 3 aromatic rings. The Hall–Kier alpha value is -2.85. The molecular formula is C25H23NO2S. The van der Waals surface area contributed by atoms with E-state index in [0.717, 1.165) is 29.7 Å². The van der Waals surface area contributed by atoms with Gasteiger partial charge in [-0.1, -0.05) is 72.3 Å². The Labute approximate surface area is 172 Å². The Morgan fingerprint density at radius 1 is 0.862 bits per heavy atom. The van der Waals surface area contributed by atoms with Gasteiger partial charge in [-0.25, -0.2) is 8.42 Å². The lowest BCUT2D eigenvalue weighted by Gasteiger charge is -2.32. The van der Waals surface area contributed by atoms with Crippen LogP contribution in [-0.2, 0) is 10.0 Å². The molecule has 3 nitrogen and oxygen atoms in total. The van der Waals surface area contributed by atoms with Crippen molar-refractivity contribution in [2.24, 2.45) is 0 Å². The molecule has 0 saturated heterocycles. The number of aryl methyl sites for hydroxylation is 1. The fourth-order valence-electron chi connectivity index (χ4n) is 4.65. The van der Waals surface area contributed by atoms with Crippen molar-refractivity contribution in [1.82, 2.24) is 4.31 Å². The second-order valence-electron chi connectivity index (χ2n) is 7.80. The first-order chi connectivity index (χ1) is 14.1. The molecule has 146 valence electrons. The first-order valence-electron chi connectivity index (χ1n) is 10.0. The van der Waals surface area contributed by atoms with Gasteiger partial charge in [-0.3, -0.25) is 4.31 Å². The third kappa shape index (κ3) is 2.90. The van der Waals surface area contributed by atoms with Crippen LogP contribution in [0, 0.1) is 6.92 Å². The summed E-state index contributed by atoms with van der Waals surface area (Å²) < 4.78 is 28.8. The van der Waals surface area contributed by atoms with E-state index >= 15 is 0 Å². The van der Waals surface area contributed by atoms with E-state index in [-0.39, 0.29) is 5.92 Å². The Bertz CT molecular complexity index is 1200. The summed E-state index contributed by atoms with van der Waals surface area (Å²) in [4.78, 5) is 0.359. The first kappa shape index (κ1) is 18.2. The van der Waals surface area contributed by atoms with Crippen LogP contribution in [0.4, 0.5) is 0 Å². The molecule has 29 heavy (non-hydrogen) atoms. The van der Waals surface area contributed by atoms with Crippen LogP contribution < -0.4 is 0 Å². The number of allylic oxidation sites excluding steroid dienone is 1. The van der Waals surface area contributed by atoms with Crippen molar-refractivity contribution >= 4 is 15.7 Å².